The summed E-state index contributed by atoms with van der Waals surface area (Å²) in [5.74, 6) is 1.02. The average molecular weight is 396 g/mol. The van der Waals surface area contributed by atoms with Gasteiger partial charge in [-0.15, -0.1) is 11.3 Å². The lowest BCUT2D eigenvalue weighted by Crippen LogP contribution is -2.44. The number of aromatic nitrogens is 3. The van der Waals surface area contributed by atoms with Crippen molar-refractivity contribution >= 4 is 11.3 Å². The van der Waals surface area contributed by atoms with Gasteiger partial charge in [-0.2, -0.15) is 0 Å². The molecule has 0 saturated carbocycles. The Morgan fingerprint density at radius 1 is 1.14 bits per heavy atom. The Bertz CT molecular complexity index is 953. The van der Waals surface area contributed by atoms with Crippen LogP contribution in [0.2, 0.25) is 0 Å². The first-order valence-electron chi connectivity index (χ1n) is 10.0. The molecular formula is C22H25N3O2S. The smallest absolute Gasteiger partial charge is 0.151 e. The molecule has 3 aromatic rings. The van der Waals surface area contributed by atoms with Gasteiger partial charge in [0.2, 0.25) is 0 Å². The summed E-state index contributed by atoms with van der Waals surface area (Å²) < 4.78 is 14.1. The van der Waals surface area contributed by atoms with Gasteiger partial charge in [0.1, 0.15) is 5.01 Å². The lowest BCUT2D eigenvalue weighted by atomic mass is 9.84. The fourth-order valence-corrected chi connectivity index (χ4v) is 5.45. The normalized spacial score (nSPS) is 21.8. The van der Waals surface area contributed by atoms with Gasteiger partial charge in [-0.3, -0.25) is 0 Å². The summed E-state index contributed by atoms with van der Waals surface area (Å²) in [5, 5.41) is 1.05. The maximum atomic E-state index is 6.23. The Kier molecular flexibility index (Phi) is 4.78. The van der Waals surface area contributed by atoms with E-state index < -0.39 is 0 Å². The van der Waals surface area contributed by atoms with Crippen molar-refractivity contribution in [2.45, 2.75) is 44.2 Å². The molecule has 0 amide bonds. The molecule has 1 unspecified atom stereocenters. The SMILES string of the molecule is Cc1ccccc1-c1ncc(-c2nccn2C2CCOC3(CCOCC3)C2)s1. The predicted molar refractivity (Wildman–Crippen MR) is 111 cm³/mol. The zero-order chi connectivity index (χ0) is 19.0. The van der Waals surface area contributed by atoms with Crippen molar-refractivity contribution in [3.05, 3.63) is 48.4 Å². The van der Waals surface area contributed by atoms with E-state index in [0.717, 1.165) is 61.2 Å². The van der Waals surface area contributed by atoms with Crippen molar-refractivity contribution in [3.8, 4) is 21.3 Å². The van der Waals surface area contributed by atoms with Crippen LogP contribution in [0.3, 0.4) is 0 Å². The first-order chi connectivity index (χ1) is 13.7. The number of aryl methyl sites for hydroxylation is 1. The van der Waals surface area contributed by atoms with Crippen LogP contribution in [0.4, 0.5) is 0 Å². The number of thiazole rings is 1. The van der Waals surface area contributed by atoms with Crippen molar-refractivity contribution < 1.29 is 9.47 Å². The second kappa shape index (κ2) is 7.43. The summed E-state index contributed by atoms with van der Waals surface area (Å²) in [6.45, 7) is 4.54. The number of imidazole rings is 1. The number of benzene rings is 1. The molecule has 0 radical (unpaired) electrons. The lowest BCUT2D eigenvalue weighted by Gasteiger charge is -2.43. The summed E-state index contributed by atoms with van der Waals surface area (Å²) in [5.41, 5.74) is 2.42. The maximum Gasteiger partial charge on any atom is 0.151 e. The molecule has 5 nitrogen and oxygen atoms in total. The zero-order valence-corrected chi connectivity index (χ0v) is 17.0. The molecule has 1 atom stereocenters. The zero-order valence-electron chi connectivity index (χ0n) is 16.1. The average Bonchev–Trinajstić information content (AvgIpc) is 3.38. The standard InChI is InChI=1S/C22H25N3O2S/c1-16-4-2-3-5-18(16)21-24-15-19(28-21)20-23-9-10-25(20)17-6-11-27-22(14-17)7-12-26-13-8-22/h2-5,9-10,15,17H,6-8,11-14H2,1H3. The van der Waals surface area contributed by atoms with Crippen LogP contribution in [0, 0.1) is 6.92 Å². The van der Waals surface area contributed by atoms with Crippen molar-refractivity contribution in [2.75, 3.05) is 19.8 Å². The van der Waals surface area contributed by atoms with Crippen LogP contribution in [0.1, 0.15) is 37.3 Å². The number of rotatable bonds is 3. The van der Waals surface area contributed by atoms with E-state index in [0.29, 0.717) is 6.04 Å². The van der Waals surface area contributed by atoms with Crippen LogP contribution in [-0.2, 0) is 9.47 Å². The third-order valence-corrected chi connectivity index (χ3v) is 7.06. The van der Waals surface area contributed by atoms with Gasteiger partial charge in [-0.05, 0) is 38.2 Å². The fraction of sp³-hybridized carbons (Fsp3) is 0.455. The van der Waals surface area contributed by atoms with Crippen molar-refractivity contribution in [1.82, 2.24) is 14.5 Å². The minimum atomic E-state index is -0.0251. The highest BCUT2D eigenvalue weighted by Crippen LogP contribution is 2.41. The number of nitrogens with zero attached hydrogens (tertiary/aromatic N) is 3. The molecule has 2 aliphatic rings. The molecular weight excluding hydrogens is 370 g/mol. The van der Waals surface area contributed by atoms with Crippen LogP contribution >= 0.6 is 11.3 Å². The number of hydrogen-bond donors (Lipinski definition) is 0. The van der Waals surface area contributed by atoms with Crippen LogP contribution < -0.4 is 0 Å². The Balaban J connectivity index is 1.43. The van der Waals surface area contributed by atoms with Crippen LogP contribution in [0.25, 0.3) is 21.3 Å². The van der Waals surface area contributed by atoms with Crippen LogP contribution in [-0.4, -0.2) is 40.0 Å². The molecule has 2 aliphatic heterocycles. The summed E-state index contributed by atoms with van der Waals surface area (Å²) >= 11 is 1.72. The molecule has 6 heteroatoms. The summed E-state index contributed by atoms with van der Waals surface area (Å²) in [6, 6.07) is 8.81. The van der Waals surface area contributed by atoms with E-state index in [1.54, 1.807) is 11.3 Å². The largest absolute Gasteiger partial charge is 0.381 e. The second-order valence-electron chi connectivity index (χ2n) is 7.79. The van der Waals surface area contributed by atoms with Crippen molar-refractivity contribution in [1.29, 1.82) is 0 Å². The van der Waals surface area contributed by atoms with Crippen LogP contribution in [0.15, 0.2) is 42.9 Å². The molecule has 146 valence electrons. The minimum absolute atomic E-state index is 0.0251. The minimum Gasteiger partial charge on any atom is -0.381 e. The quantitative estimate of drug-likeness (QED) is 0.634. The van der Waals surface area contributed by atoms with E-state index in [1.807, 2.05) is 12.4 Å². The van der Waals surface area contributed by atoms with Crippen molar-refractivity contribution in [3.63, 3.8) is 0 Å². The predicted octanol–water partition coefficient (Wildman–Crippen LogP) is 4.88. The topological polar surface area (TPSA) is 49.2 Å². The molecule has 4 heterocycles. The van der Waals surface area contributed by atoms with E-state index >= 15 is 0 Å². The fourth-order valence-electron chi connectivity index (χ4n) is 4.44. The second-order valence-corrected chi connectivity index (χ2v) is 8.82. The third kappa shape index (κ3) is 3.30. The summed E-state index contributed by atoms with van der Waals surface area (Å²) in [6.07, 6.45) is 10.0. The highest BCUT2D eigenvalue weighted by atomic mass is 32.1. The van der Waals surface area contributed by atoms with E-state index in [4.69, 9.17) is 19.4 Å². The molecule has 5 rings (SSSR count). The third-order valence-electron chi connectivity index (χ3n) is 6.03. The Labute approximate surface area is 169 Å². The van der Waals surface area contributed by atoms with Crippen LogP contribution in [0.5, 0.6) is 0 Å². The van der Waals surface area contributed by atoms with E-state index in [2.05, 4.69) is 42.0 Å². The van der Waals surface area contributed by atoms with Gasteiger partial charge in [0, 0.05) is 50.0 Å². The molecule has 28 heavy (non-hydrogen) atoms. The van der Waals surface area contributed by atoms with Gasteiger partial charge < -0.3 is 14.0 Å². The Morgan fingerprint density at radius 2 is 2.00 bits per heavy atom. The molecule has 0 bridgehead atoms. The number of hydrogen-bond acceptors (Lipinski definition) is 5. The van der Waals surface area contributed by atoms with Gasteiger partial charge in [0.15, 0.2) is 5.82 Å². The molecule has 0 aliphatic carbocycles. The summed E-state index contributed by atoms with van der Waals surface area (Å²) in [4.78, 5) is 10.5. The molecule has 1 spiro atoms. The Morgan fingerprint density at radius 3 is 2.86 bits per heavy atom. The molecule has 1 aromatic carbocycles. The lowest BCUT2D eigenvalue weighted by molar-refractivity contribution is -0.144. The highest BCUT2D eigenvalue weighted by Gasteiger charge is 2.40. The van der Waals surface area contributed by atoms with Gasteiger partial charge in [-0.25, -0.2) is 9.97 Å². The van der Waals surface area contributed by atoms with E-state index in [1.165, 1.54) is 11.1 Å². The first kappa shape index (κ1) is 18.0. The maximum absolute atomic E-state index is 6.23. The van der Waals surface area contributed by atoms with E-state index in [-0.39, 0.29) is 5.60 Å². The van der Waals surface area contributed by atoms with Gasteiger partial charge in [0.25, 0.3) is 0 Å². The molecule has 2 saturated heterocycles. The molecule has 2 aromatic heterocycles. The van der Waals surface area contributed by atoms with Gasteiger partial charge in [0.05, 0.1) is 10.5 Å². The molecule has 0 N–H and O–H groups in total. The Hall–Kier alpha value is -2.02. The van der Waals surface area contributed by atoms with E-state index in [9.17, 15) is 0 Å². The van der Waals surface area contributed by atoms with Gasteiger partial charge in [-0.1, -0.05) is 24.3 Å². The first-order valence-corrected chi connectivity index (χ1v) is 10.8. The molecule has 2 fully saturated rings. The van der Waals surface area contributed by atoms with Gasteiger partial charge >= 0.3 is 0 Å². The number of ether oxygens (including phenoxy) is 2. The highest BCUT2D eigenvalue weighted by molar-refractivity contribution is 7.18. The monoisotopic (exact) mass is 395 g/mol. The van der Waals surface area contributed by atoms with Crippen molar-refractivity contribution in [2.24, 2.45) is 0 Å². The summed E-state index contributed by atoms with van der Waals surface area (Å²) in [7, 11) is 0.